The number of hydrogen-bond acceptors (Lipinski definition) is 4. The SMILES string of the molecule is N[C@@](I)(Cc1c(I)cc(Oc2ccc(O)cc2)cc1I)C(=O)O. The molecule has 2 aromatic rings. The van der Waals surface area contributed by atoms with Crippen LogP contribution in [-0.2, 0) is 11.2 Å². The van der Waals surface area contributed by atoms with E-state index < -0.39 is 9.51 Å². The normalized spacial score (nSPS) is 13.4. The summed E-state index contributed by atoms with van der Waals surface area (Å²) in [7, 11) is 0. The second-order valence-corrected chi connectivity index (χ2v) is 9.06. The summed E-state index contributed by atoms with van der Waals surface area (Å²) in [6, 6.07) is 10.1. The van der Waals surface area contributed by atoms with E-state index in [1.165, 1.54) is 0 Å². The van der Waals surface area contributed by atoms with E-state index in [4.69, 9.17) is 10.5 Å². The predicted molar refractivity (Wildman–Crippen MR) is 112 cm³/mol. The van der Waals surface area contributed by atoms with Gasteiger partial charge in [0.15, 0.2) is 3.55 Å². The molecule has 0 aliphatic carbocycles. The maximum atomic E-state index is 11.2. The molecule has 0 unspecified atom stereocenters. The standard InChI is InChI=1S/C15H12I3NO4/c16-12-5-10(23-9-3-1-8(20)2-4-9)6-13(17)11(12)7-15(18,19)14(21)22/h1-6,20H,7,19H2,(H,21,22)/t15-/m0/s1. The summed E-state index contributed by atoms with van der Waals surface area (Å²) in [5.41, 5.74) is 6.71. The molecule has 0 aromatic heterocycles. The lowest BCUT2D eigenvalue weighted by Gasteiger charge is -2.19. The molecule has 0 saturated carbocycles. The number of ether oxygens (including phenoxy) is 1. The lowest BCUT2D eigenvalue weighted by molar-refractivity contribution is -0.139. The second kappa shape index (κ2) is 7.70. The molecule has 2 aromatic carbocycles. The molecule has 23 heavy (non-hydrogen) atoms. The smallest absolute Gasteiger partial charge is 0.334 e. The molecule has 0 aliphatic rings. The highest BCUT2D eigenvalue weighted by molar-refractivity contribution is 14.1. The van der Waals surface area contributed by atoms with Crippen molar-refractivity contribution in [3.8, 4) is 17.2 Å². The molecule has 2 rings (SSSR count). The highest BCUT2D eigenvalue weighted by atomic mass is 127. The summed E-state index contributed by atoms with van der Waals surface area (Å²) < 4.78 is 6.18. The molecule has 0 bridgehead atoms. The van der Waals surface area contributed by atoms with Crippen LogP contribution in [0.4, 0.5) is 0 Å². The Bertz CT molecular complexity index is 709. The molecular weight excluding hydrogens is 639 g/mol. The molecule has 5 nitrogen and oxygen atoms in total. The van der Waals surface area contributed by atoms with Crippen LogP contribution in [0.2, 0.25) is 0 Å². The number of nitrogens with two attached hydrogens (primary N) is 1. The van der Waals surface area contributed by atoms with Gasteiger partial charge in [-0.1, -0.05) is 0 Å². The van der Waals surface area contributed by atoms with Crippen molar-refractivity contribution in [1.82, 2.24) is 0 Å². The van der Waals surface area contributed by atoms with Crippen LogP contribution in [0.25, 0.3) is 0 Å². The Kier molecular flexibility index (Phi) is 6.35. The van der Waals surface area contributed by atoms with Crippen molar-refractivity contribution in [2.45, 2.75) is 9.97 Å². The van der Waals surface area contributed by atoms with Gasteiger partial charge in [0.2, 0.25) is 0 Å². The number of benzene rings is 2. The number of carboxylic acid groups (broad SMARTS) is 1. The maximum Gasteiger partial charge on any atom is 0.334 e. The Hall–Kier alpha value is -0.340. The highest BCUT2D eigenvalue weighted by Gasteiger charge is 2.32. The molecule has 0 radical (unpaired) electrons. The van der Waals surface area contributed by atoms with Crippen LogP contribution in [0.5, 0.6) is 17.2 Å². The van der Waals surface area contributed by atoms with Crippen LogP contribution in [0.3, 0.4) is 0 Å². The number of alkyl halides is 1. The highest BCUT2D eigenvalue weighted by Crippen LogP contribution is 2.32. The van der Waals surface area contributed by atoms with Gasteiger partial charge in [0, 0.05) is 13.6 Å². The summed E-state index contributed by atoms with van der Waals surface area (Å²) in [5, 5.41) is 18.5. The number of halogens is 3. The van der Waals surface area contributed by atoms with Crippen molar-refractivity contribution in [3.63, 3.8) is 0 Å². The Morgan fingerprint density at radius 1 is 1.13 bits per heavy atom. The van der Waals surface area contributed by atoms with E-state index in [1.54, 1.807) is 46.9 Å². The third-order valence-electron chi connectivity index (χ3n) is 2.98. The number of hydrogen-bond donors (Lipinski definition) is 3. The predicted octanol–water partition coefficient (Wildman–Crippen LogP) is 4.11. The van der Waals surface area contributed by atoms with E-state index in [0.717, 1.165) is 12.7 Å². The van der Waals surface area contributed by atoms with E-state index in [-0.39, 0.29) is 12.2 Å². The summed E-state index contributed by atoms with van der Waals surface area (Å²) in [6.45, 7) is 0. The average Bonchev–Trinajstić information content (AvgIpc) is 2.45. The Morgan fingerprint density at radius 2 is 1.65 bits per heavy atom. The fraction of sp³-hybridized carbons (Fsp3) is 0.133. The lowest BCUT2D eigenvalue weighted by Crippen LogP contribution is -2.43. The number of phenols is 1. The topological polar surface area (TPSA) is 92.8 Å². The monoisotopic (exact) mass is 651 g/mol. The minimum absolute atomic E-state index is 0.173. The Labute approximate surface area is 174 Å². The molecule has 8 heteroatoms. The quantitative estimate of drug-likeness (QED) is 0.258. The number of phenolic OH excluding ortho intramolecular Hbond substituents is 1. The molecule has 0 spiro atoms. The summed E-state index contributed by atoms with van der Waals surface area (Å²) >= 11 is 6.04. The Balaban J connectivity index is 2.26. The van der Waals surface area contributed by atoms with Crippen LogP contribution in [0.15, 0.2) is 36.4 Å². The van der Waals surface area contributed by atoms with Gasteiger partial charge in [-0.05, 0) is 110 Å². The molecule has 0 aliphatic heterocycles. The summed E-state index contributed by atoms with van der Waals surface area (Å²) in [5.74, 6) is 0.371. The molecule has 1 atom stereocenters. The molecule has 0 fully saturated rings. The number of aliphatic carboxylic acids is 1. The summed E-state index contributed by atoms with van der Waals surface area (Å²) in [6.07, 6.45) is 0.221. The largest absolute Gasteiger partial charge is 0.508 e. The molecule has 0 amide bonds. The minimum atomic E-state index is -1.35. The van der Waals surface area contributed by atoms with Gasteiger partial charge < -0.3 is 20.7 Å². The second-order valence-electron chi connectivity index (χ2n) is 4.81. The first-order valence-corrected chi connectivity index (χ1v) is 9.58. The number of carboxylic acids is 1. The first-order chi connectivity index (χ1) is 10.7. The molecular formula is C15H12I3NO4. The van der Waals surface area contributed by atoms with Gasteiger partial charge in [0.1, 0.15) is 17.2 Å². The van der Waals surface area contributed by atoms with Crippen molar-refractivity contribution in [2.75, 3.05) is 0 Å². The van der Waals surface area contributed by atoms with Crippen LogP contribution in [0, 0.1) is 7.14 Å². The lowest BCUT2D eigenvalue weighted by atomic mass is 10.1. The van der Waals surface area contributed by atoms with Gasteiger partial charge in [0.25, 0.3) is 0 Å². The zero-order valence-electron chi connectivity index (χ0n) is 11.6. The number of aromatic hydroxyl groups is 1. The van der Waals surface area contributed by atoms with Gasteiger partial charge in [-0.3, -0.25) is 0 Å². The maximum absolute atomic E-state index is 11.2. The fourth-order valence-electron chi connectivity index (χ4n) is 1.79. The van der Waals surface area contributed by atoms with Gasteiger partial charge in [-0.15, -0.1) is 0 Å². The average molecular weight is 651 g/mol. The zero-order chi connectivity index (χ0) is 17.2. The third kappa shape index (κ3) is 5.06. The van der Waals surface area contributed by atoms with Crippen LogP contribution in [-0.4, -0.2) is 19.7 Å². The van der Waals surface area contributed by atoms with Gasteiger partial charge in [-0.25, -0.2) is 4.79 Å². The number of carbonyl (C=O) groups is 1. The van der Waals surface area contributed by atoms with E-state index in [2.05, 4.69) is 45.2 Å². The van der Waals surface area contributed by atoms with E-state index >= 15 is 0 Å². The van der Waals surface area contributed by atoms with Crippen molar-refractivity contribution < 1.29 is 19.7 Å². The molecule has 122 valence electrons. The third-order valence-corrected chi connectivity index (χ3v) is 5.74. The van der Waals surface area contributed by atoms with Crippen molar-refractivity contribution in [3.05, 3.63) is 49.1 Å². The molecule has 4 N–H and O–H groups in total. The summed E-state index contributed by atoms with van der Waals surface area (Å²) in [4.78, 5) is 11.2. The fourth-order valence-corrected chi connectivity index (χ4v) is 4.26. The zero-order valence-corrected chi connectivity index (χ0v) is 18.1. The van der Waals surface area contributed by atoms with E-state index in [1.807, 2.05) is 12.1 Å². The van der Waals surface area contributed by atoms with Crippen LogP contribution >= 0.6 is 67.8 Å². The molecule has 0 heterocycles. The van der Waals surface area contributed by atoms with Crippen molar-refractivity contribution >= 4 is 73.7 Å². The van der Waals surface area contributed by atoms with E-state index in [0.29, 0.717) is 11.5 Å². The molecule has 0 saturated heterocycles. The van der Waals surface area contributed by atoms with Crippen LogP contribution < -0.4 is 10.5 Å². The van der Waals surface area contributed by atoms with Crippen molar-refractivity contribution in [2.24, 2.45) is 5.73 Å². The van der Waals surface area contributed by atoms with Gasteiger partial charge >= 0.3 is 5.97 Å². The first-order valence-electron chi connectivity index (χ1n) is 6.35. The Morgan fingerprint density at radius 3 is 2.13 bits per heavy atom. The number of rotatable bonds is 5. The minimum Gasteiger partial charge on any atom is -0.508 e. The van der Waals surface area contributed by atoms with Gasteiger partial charge in [-0.2, -0.15) is 0 Å². The van der Waals surface area contributed by atoms with E-state index in [9.17, 15) is 15.0 Å². The van der Waals surface area contributed by atoms with Crippen molar-refractivity contribution in [1.29, 1.82) is 0 Å². The first kappa shape index (κ1) is 19.0. The van der Waals surface area contributed by atoms with Crippen LogP contribution in [0.1, 0.15) is 5.56 Å². The van der Waals surface area contributed by atoms with Gasteiger partial charge in [0.05, 0.1) is 0 Å².